The smallest absolute Gasteiger partial charge is 0.165 e. The SMILES string of the molecule is CC(C)(C)c1ccc(C(=O)CCON2C(C)(C)CCCC2(C)C)c(C(C)(C)C)c1O. The van der Waals surface area contributed by atoms with E-state index in [0.717, 1.165) is 24.0 Å². The van der Waals surface area contributed by atoms with Crippen LogP contribution in [0.15, 0.2) is 12.1 Å². The molecular weight excluding hydrogens is 374 g/mol. The summed E-state index contributed by atoms with van der Waals surface area (Å²) in [7, 11) is 0. The fourth-order valence-corrected chi connectivity index (χ4v) is 4.88. The number of carbonyl (C=O) groups is 1. The Morgan fingerprint density at radius 1 is 1.00 bits per heavy atom. The summed E-state index contributed by atoms with van der Waals surface area (Å²) in [6.07, 6.45) is 3.65. The molecular formula is C26H43NO3. The highest BCUT2D eigenvalue weighted by Crippen LogP contribution is 2.41. The molecule has 1 aromatic carbocycles. The molecule has 170 valence electrons. The predicted molar refractivity (Wildman–Crippen MR) is 124 cm³/mol. The van der Waals surface area contributed by atoms with Gasteiger partial charge in [-0.3, -0.25) is 9.63 Å². The maximum absolute atomic E-state index is 13.2. The summed E-state index contributed by atoms with van der Waals surface area (Å²) in [4.78, 5) is 19.4. The van der Waals surface area contributed by atoms with Crippen molar-refractivity contribution in [3.05, 3.63) is 28.8 Å². The van der Waals surface area contributed by atoms with E-state index in [4.69, 9.17) is 4.84 Å². The van der Waals surface area contributed by atoms with Crippen LogP contribution in [0.4, 0.5) is 0 Å². The summed E-state index contributed by atoms with van der Waals surface area (Å²) in [5.41, 5.74) is 1.58. The number of benzene rings is 1. The summed E-state index contributed by atoms with van der Waals surface area (Å²) in [5, 5.41) is 13.2. The molecule has 1 aliphatic rings. The summed E-state index contributed by atoms with van der Waals surface area (Å²) in [6, 6.07) is 3.79. The largest absolute Gasteiger partial charge is 0.507 e. The van der Waals surface area contributed by atoms with E-state index in [1.165, 1.54) is 6.42 Å². The quantitative estimate of drug-likeness (QED) is 0.553. The van der Waals surface area contributed by atoms with Gasteiger partial charge in [-0.2, -0.15) is 5.06 Å². The molecule has 0 radical (unpaired) electrons. The number of hydrogen-bond donors (Lipinski definition) is 1. The standard InChI is InChI=1S/C26H43NO3/c1-23(2,3)19-13-12-18(21(22(19)29)24(4,5)6)20(28)14-17-30-27-25(7,8)15-11-16-26(27,9)10/h12-13,29H,11,14-17H2,1-10H3. The summed E-state index contributed by atoms with van der Waals surface area (Å²) in [6.45, 7) is 21.5. The highest BCUT2D eigenvalue weighted by Gasteiger charge is 2.42. The molecule has 4 heteroatoms. The van der Waals surface area contributed by atoms with Crippen molar-refractivity contribution in [3.8, 4) is 5.75 Å². The van der Waals surface area contributed by atoms with Gasteiger partial charge in [0, 0.05) is 28.6 Å². The van der Waals surface area contributed by atoms with Crippen molar-refractivity contribution in [2.24, 2.45) is 0 Å². The highest BCUT2D eigenvalue weighted by atomic mass is 16.7. The number of phenolic OH excluding ortho intramolecular Hbond substituents is 1. The Kier molecular flexibility index (Phi) is 6.86. The van der Waals surface area contributed by atoms with Crippen molar-refractivity contribution in [2.75, 3.05) is 6.61 Å². The van der Waals surface area contributed by atoms with Crippen molar-refractivity contribution in [2.45, 2.75) is 117 Å². The average Bonchev–Trinajstić information content (AvgIpc) is 2.53. The molecule has 1 aliphatic heterocycles. The topological polar surface area (TPSA) is 49.8 Å². The lowest BCUT2D eigenvalue weighted by atomic mass is 9.76. The normalized spacial score (nSPS) is 19.7. The molecule has 1 N–H and O–H groups in total. The maximum Gasteiger partial charge on any atom is 0.165 e. The second-order valence-corrected chi connectivity index (χ2v) is 12.2. The van der Waals surface area contributed by atoms with Crippen LogP contribution in [0.25, 0.3) is 0 Å². The Morgan fingerprint density at radius 3 is 2.00 bits per heavy atom. The van der Waals surface area contributed by atoms with Gasteiger partial charge in [0.05, 0.1) is 6.61 Å². The number of nitrogens with zero attached hydrogens (tertiary/aromatic N) is 1. The Balaban J connectivity index is 2.24. The Bertz CT molecular complexity index is 763. The lowest BCUT2D eigenvalue weighted by Gasteiger charge is -2.51. The van der Waals surface area contributed by atoms with E-state index in [-0.39, 0.29) is 33.4 Å². The molecule has 1 saturated heterocycles. The third kappa shape index (κ3) is 5.26. The minimum atomic E-state index is -0.339. The zero-order valence-corrected chi connectivity index (χ0v) is 20.9. The minimum absolute atomic E-state index is 0.0169. The summed E-state index contributed by atoms with van der Waals surface area (Å²) in [5.74, 6) is 0.267. The summed E-state index contributed by atoms with van der Waals surface area (Å²) >= 11 is 0. The molecule has 0 spiro atoms. The van der Waals surface area contributed by atoms with Crippen LogP contribution in [0.5, 0.6) is 5.75 Å². The van der Waals surface area contributed by atoms with Gasteiger partial charge in [0.1, 0.15) is 5.75 Å². The molecule has 2 rings (SSSR count). The van der Waals surface area contributed by atoms with Gasteiger partial charge in [-0.15, -0.1) is 0 Å². The van der Waals surface area contributed by atoms with Crippen LogP contribution in [0, 0.1) is 0 Å². The number of hydroxylamine groups is 2. The van der Waals surface area contributed by atoms with Gasteiger partial charge in [-0.1, -0.05) is 53.7 Å². The number of Topliss-reactive ketones (excluding diaryl/α,β-unsaturated/α-hetero) is 1. The number of rotatable bonds is 5. The zero-order chi connectivity index (χ0) is 23.1. The van der Waals surface area contributed by atoms with Gasteiger partial charge in [0.15, 0.2) is 5.78 Å². The van der Waals surface area contributed by atoms with Gasteiger partial charge in [-0.25, -0.2) is 0 Å². The molecule has 1 aromatic rings. The van der Waals surface area contributed by atoms with Crippen molar-refractivity contribution in [1.29, 1.82) is 0 Å². The molecule has 0 aromatic heterocycles. The van der Waals surface area contributed by atoms with E-state index in [9.17, 15) is 9.90 Å². The highest BCUT2D eigenvalue weighted by molar-refractivity contribution is 5.98. The molecule has 0 atom stereocenters. The van der Waals surface area contributed by atoms with Crippen LogP contribution in [-0.2, 0) is 15.7 Å². The van der Waals surface area contributed by atoms with Crippen molar-refractivity contribution < 1.29 is 14.7 Å². The second-order valence-electron chi connectivity index (χ2n) is 12.2. The van der Waals surface area contributed by atoms with Gasteiger partial charge >= 0.3 is 0 Å². The Labute approximate surface area is 184 Å². The fourth-order valence-electron chi connectivity index (χ4n) is 4.88. The van der Waals surface area contributed by atoms with Crippen LogP contribution >= 0.6 is 0 Å². The van der Waals surface area contributed by atoms with E-state index >= 15 is 0 Å². The first-order valence-electron chi connectivity index (χ1n) is 11.3. The number of piperidine rings is 1. The van der Waals surface area contributed by atoms with Crippen molar-refractivity contribution in [1.82, 2.24) is 5.06 Å². The van der Waals surface area contributed by atoms with Gasteiger partial charge < -0.3 is 5.11 Å². The zero-order valence-electron chi connectivity index (χ0n) is 20.9. The van der Waals surface area contributed by atoms with E-state index in [0.29, 0.717) is 18.6 Å². The molecule has 30 heavy (non-hydrogen) atoms. The first-order chi connectivity index (χ1) is 13.5. The predicted octanol–water partition coefficient (Wildman–Crippen LogP) is 6.53. The maximum atomic E-state index is 13.2. The first kappa shape index (κ1) is 24.9. The van der Waals surface area contributed by atoms with E-state index in [1.54, 1.807) is 0 Å². The van der Waals surface area contributed by atoms with Crippen molar-refractivity contribution >= 4 is 5.78 Å². The number of ketones is 1. The number of carbonyl (C=O) groups excluding carboxylic acids is 1. The van der Waals surface area contributed by atoms with E-state index in [2.05, 4.69) is 53.5 Å². The molecule has 0 unspecified atom stereocenters. The van der Waals surface area contributed by atoms with Crippen LogP contribution in [0.2, 0.25) is 0 Å². The van der Waals surface area contributed by atoms with E-state index in [1.807, 2.05) is 32.9 Å². The Morgan fingerprint density at radius 2 is 1.53 bits per heavy atom. The average molecular weight is 418 g/mol. The first-order valence-corrected chi connectivity index (χ1v) is 11.3. The van der Waals surface area contributed by atoms with E-state index < -0.39 is 0 Å². The van der Waals surface area contributed by atoms with Crippen LogP contribution in [0.3, 0.4) is 0 Å². The minimum Gasteiger partial charge on any atom is -0.507 e. The van der Waals surface area contributed by atoms with Crippen LogP contribution in [0.1, 0.15) is 116 Å². The molecule has 4 nitrogen and oxygen atoms in total. The molecule has 0 saturated carbocycles. The monoisotopic (exact) mass is 417 g/mol. The number of hydrogen-bond acceptors (Lipinski definition) is 4. The van der Waals surface area contributed by atoms with Gasteiger partial charge in [0.25, 0.3) is 0 Å². The molecule has 0 bridgehead atoms. The third-order valence-electron chi connectivity index (χ3n) is 6.26. The number of aromatic hydroxyl groups is 1. The third-order valence-corrected chi connectivity index (χ3v) is 6.26. The molecule has 1 heterocycles. The molecule has 1 fully saturated rings. The van der Waals surface area contributed by atoms with Crippen LogP contribution in [-0.4, -0.2) is 33.6 Å². The molecule has 0 aliphatic carbocycles. The van der Waals surface area contributed by atoms with Gasteiger partial charge in [0.2, 0.25) is 0 Å². The fraction of sp³-hybridized carbons (Fsp3) is 0.731. The number of phenols is 1. The van der Waals surface area contributed by atoms with Crippen molar-refractivity contribution in [3.63, 3.8) is 0 Å². The van der Waals surface area contributed by atoms with Crippen LogP contribution < -0.4 is 0 Å². The lowest BCUT2D eigenvalue weighted by molar-refractivity contribution is -0.279. The summed E-state index contributed by atoms with van der Waals surface area (Å²) < 4.78 is 0. The molecule has 0 amide bonds. The lowest BCUT2D eigenvalue weighted by Crippen LogP contribution is -2.58. The van der Waals surface area contributed by atoms with Gasteiger partial charge in [-0.05, 0) is 63.4 Å². The second kappa shape index (κ2) is 8.27. The Hall–Kier alpha value is -1.39.